The highest BCUT2D eigenvalue weighted by molar-refractivity contribution is 9.10. The lowest BCUT2D eigenvalue weighted by Crippen LogP contribution is -1.99. The fraction of sp³-hybridized carbons (Fsp3) is 0.143. The van der Waals surface area contributed by atoms with Crippen molar-refractivity contribution in [3.63, 3.8) is 0 Å². The number of nitro groups is 1. The molecule has 0 unspecified atom stereocenters. The van der Waals surface area contributed by atoms with Crippen LogP contribution in [0.25, 0.3) is 0 Å². The smallest absolute Gasteiger partial charge is 0.274 e. The lowest BCUT2D eigenvalue weighted by atomic mass is 10.2. The molecule has 0 aromatic heterocycles. The molecule has 0 aliphatic rings. The van der Waals surface area contributed by atoms with Crippen molar-refractivity contribution in [1.29, 1.82) is 0 Å². The second kappa shape index (κ2) is 6.91. The maximum absolute atomic E-state index is 10.8. The molecule has 7 heteroatoms. The van der Waals surface area contributed by atoms with Crippen LogP contribution in [0.3, 0.4) is 0 Å². The van der Waals surface area contributed by atoms with Gasteiger partial charge in [0.05, 0.1) is 18.1 Å². The Morgan fingerprint density at radius 1 is 1.14 bits per heavy atom. The van der Waals surface area contributed by atoms with E-state index in [1.807, 2.05) is 18.2 Å². The summed E-state index contributed by atoms with van der Waals surface area (Å²) >= 11 is 6.62. The summed E-state index contributed by atoms with van der Waals surface area (Å²) in [5, 5.41) is 10.8. The highest BCUT2D eigenvalue weighted by atomic mass is 79.9. The van der Waals surface area contributed by atoms with Gasteiger partial charge in [-0.3, -0.25) is 10.1 Å². The molecule has 0 bridgehead atoms. The number of methoxy groups -OCH3 is 1. The zero-order chi connectivity index (χ0) is 15.4. The van der Waals surface area contributed by atoms with Crippen LogP contribution in [0.4, 0.5) is 5.69 Å². The molecule has 0 spiro atoms. The number of rotatable bonds is 5. The van der Waals surface area contributed by atoms with Crippen LogP contribution in [0.5, 0.6) is 11.5 Å². The Balaban J connectivity index is 2.20. The van der Waals surface area contributed by atoms with Crippen molar-refractivity contribution in [3.8, 4) is 11.5 Å². The third-order valence-corrected chi connectivity index (χ3v) is 3.65. The van der Waals surface area contributed by atoms with Crippen molar-refractivity contribution in [2.75, 3.05) is 7.11 Å². The molecule has 0 amide bonds. The molecule has 0 heterocycles. The van der Waals surface area contributed by atoms with Gasteiger partial charge in [0.1, 0.15) is 18.1 Å². The summed E-state index contributed by atoms with van der Waals surface area (Å²) in [4.78, 5) is 10.4. The fourth-order valence-corrected chi connectivity index (χ4v) is 2.63. The van der Waals surface area contributed by atoms with Crippen LogP contribution in [0.2, 0.25) is 0 Å². The fourth-order valence-electron chi connectivity index (χ4n) is 1.76. The molecular weight excluding hydrogens is 406 g/mol. The Hall–Kier alpha value is -1.60. The lowest BCUT2D eigenvalue weighted by molar-refractivity contribution is -0.385. The van der Waals surface area contributed by atoms with E-state index in [9.17, 15) is 10.1 Å². The number of nitrogens with zero attached hydrogens (tertiary/aromatic N) is 1. The second-order valence-electron chi connectivity index (χ2n) is 4.15. The van der Waals surface area contributed by atoms with E-state index in [0.29, 0.717) is 16.0 Å². The molecule has 0 saturated carbocycles. The van der Waals surface area contributed by atoms with Crippen LogP contribution in [0.1, 0.15) is 5.56 Å². The van der Waals surface area contributed by atoms with E-state index < -0.39 is 4.92 Å². The van der Waals surface area contributed by atoms with Gasteiger partial charge < -0.3 is 9.47 Å². The third kappa shape index (κ3) is 4.18. The molecule has 0 radical (unpaired) electrons. The summed E-state index contributed by atoms with van der Waals surface area (Å²) in [5.41, 5.74) is 0.815. The molecule has 0 atom stereocenters. The Labute approximate surface area is 138 Å². The minimum atomic E-state index is -0.461. The van der Waals surface area contributed by atoms with Gasteiger partial charge in [-0.15, -0.1) is 0 Å². The molecule has 0 N–H and O–H groups in total. The number of non-ortho nitro benzene ring substituents is 1. The van der Waals surface area contributed by atoms with Crippen LogP contribution < -0.4 is 9.47 Å². The minimum Gasteiger partial charge on any atom is -0.496 e. The Bertz CT molecular complexity index is 676. The van der Waals surface area contributed by atoms with E-state index in [0.717, 1.165) is 10.0 Å². The Morgan fingerprint density at radius 2 is 1.90 bits per heavy atom. The average Bonchev–Trinajstić information content (AvgIpc) is 2.44. The van der Waals surface area contributed by atoms with Crippen LogP contribution >= 0.6 is 31.9 Å². The number of hydrogen-bond donors (Lipinski definition) is 0. The van der Waals surface area contributed by atoms with Gasteiger partial charge >= 0.3 is 0 Å². The second-order valence-corrected chi connectivity index (χ2v) is 5.98. The van der Waals surface area contributed by atoms with Crippen LogP contribution in [0.15, 0.2) is 45.3 Å². The van der Waals surface area contributed by atoms with Gasteiger partial charge in [-0.1, -0.05) is 31.9 Å². The number of ether oxygens (including phenoxy) is 2. The quantitative estimate of drug-likeness (QED) is 0.523. The Morgan fingerprint density at radius 3 is 2.57 bits per heavy atom. The summed E-state index contributed by atoms with van der Waals surface area (Å²) in [6, 6.07) is 10.1. The monoisotopic (exact) mass is 415 g/mol. The van der Waals surface area contributed by atoms with Gasteiger partial charge in [0.2, 0.25) is 0 Å². The molecule has 110 valence electrons. The standard InChI is InChI=1S/C14H11Br2NO4/c1-20-14-3-2-10(15)4-9(14)8-21-13-6-11(16)5-12(7-13)17(18)19/h2-7H,8H2,1H3. The first-order valence-corrected chi connectivity index (χ1v) is 7.48. The number of hydrogen-bond acceptors (Lipinski definition) is 4. The summed E-state index contributed by atoms with van der Waals surface area (Å²) in [6.07, 6.45) is 0. The van der Waals surface area contributed by atoms with Crippen molar-refractivity contribution in [2.24, 2.45) is 0 Å². The van der Waals surface area contributed by atoms with Gasteiger partial charge in [-0.05, 0) is 24.3 Å². The number of benzene rings is 2. The molecule has 0 aliphatic heterocycles. The molecule has 0 aliphatic carbocycles. The van der Waals surface area contributed by atoms with Gasteiger partial charge in [-0.25, -0.2) is 0 Å². The van der Waals surface area contributed by atoms with Crippen molar-refractivity contribution in [3.05, 3.63) is 61.0 Å². The first-order valence-electron chi connectivity index (χ1n) is 5.90. The molecular formula is C14H11Br2NO4. The predicted octanol–water partition coefficient (Wildman–Crippen LogP) is 4.71. The molecule has 2 aromatic carbocycles. The molecule has 21 heavy (non-hydrogen) atoms. The predicted molar refractivity (Wildman–Crippen MR) is 85.8 cm³/mol. The van der Waals surface area contributed by atoms with E-state index in [1.54, 1.807) is 13.2 Å². The van der Waals surface area contributed by atoms with Crippen LogP contribution in [-0.2, 0) is 6.61 Å². The zero-order valence-electron chi connectivity index (χ0n) is 11.0. The topological polar surface area (TPSA) is 61.6 Å². The van der Waals surface area contributed by atoms with E-state index in [-0.39, 0.29) is 12.3 Å². The normalized spacial score (nSPS) is 10.2. The molecule has 2 rings (SSSR count). The SMILES string of the molecule is COc1ccc(Br)cc1COc1cc(Br)cc([N+](=O)[O-])c1. The summed E-state index contributed by atoms with van der Waals surface area (Å²) in [6.45, 7) is 0.246. The molecule has 2 aromatic rings. The average molecular weight is 417 g/mol. The molecule has 0 saturated heterocycles. The van der Waals surface area contributed by atoms with Crippen molar-refractivity contribution < 1.29 is 14.4 Å². The van der Waals surface area contributed by atoms with E-state index >= 15 is 0 Å². The maximum Gasteiger partial charge on any atom is 0.274 e. The highest BCUT2D eigenvalue weighted by Crippen LogP contribution is 2.28. The summed E-state index contributed by atoms with van der Waals surface area (Å²) in [7, 11) is 1.58. The zero-order valence-corrected chi connectivity index (χ0v) is 14.2. The Kier molecular flexibility index (Phi) is 5.19. The highest BCUT2D eigenvalue weighted by Gasteiger charge is 2.11. The summed E-state index contributed by atoms with van der Waals surface area (Å²) in [5.74, 6) is 1.11. The molecule has 0 fully saturated rings. The number of nitro benzene ring substituents is 1. The van der Waals surface area contributed by atoms with Crippen molar-refractivity contribution in [2.45, 2.75) is 6.61 Å². The third-order valence-electron chi connectivity index (χ3n) is 2.70. The summed E-state index contributed by atoms with van der Waals surface area (Å²) < 4.78 is 12.4. The van der Waals surface area contributed by atoms with Gasteiger partial charge in [0.15, 0.2) is 0 Å². The first kappa shape index (κ1) is 15.8. The van der Waals surface area contributed by atoms with Gasteiger partial charge in [0, 0.05) is 20.6 Å². The lowest BCUT2D eigenvalue weighted by Gasteiger charge is -2.11. The van der Waals surface area contributed by atoms with Gasteiger partial charge in [-0.2, -0.15) is 0 Å². The van der Waals surface area contributed by atoms with Crippen LogP contribution in [-0.4, -0.2) is 12.0 Å². The number of halogens is 2. The minimum absolute atomic E-state index is 0.0272. The first-order chi connectivity index (χ1) is 9.99. The van der Waals surface area contributed by atoms with Crippen molar-refractivity contribution in [1.82, 2.24) is 0 Å². The van der Waals surface area contributed by atoms with Crippen molar-refractivity contribution >= 4 is 37.5 Å². The van der Waals surface area contributed by atoms with E-state index in [1.165, 1.54) is 12.1 Å². The largest absolute Gasteiger partial charge is 0.496 e. The van der Waals surface area contributed by atoms with E-state index in [4.69, 9.17) is 9.47 Å². The van der Waals surface area contributed by atoms with Gasteiger partial charge in [0.25, 0.3) is 5.69 Å². The van der Waals surface area contributed by atoms with E-state index in [2.05, 4.69) is 31.9 Å². The molecule has 5 nitrogen and oxygen atoms in total. The van der Waals surface area contributed by atoms with Crippen LogP contribution in [0, 0.1) is 10.1 Å². The maximum atomic E-state index is 10.8.